The van der Waals surface area contributed by atoms with Gasteiger partial charge in [-0.2, -0.15) is 0 Å². The number of hydrogen-bond donors (Lipinski definition) is 0. The van der Waals surface area contributed by atoms with Crippen molar-refractivity contribution in [2.24, 2.45) is 0 Å². The maximum absolute atomic E-state index is 5.67. The Hall–Kier alpha value is -2.14. The monoisotopic (exact) mass is 283 g/mol. The second kappa shape index (κ2) is 5.88. The van der Waals surface area contributed by atoms with Gasteiger partial charge in [-0.3, -0.25) is 4.98 Å². The van der Waals surface area contributed by atoms with Gasteiger partial charge in [-0.05, 0) is 24.6 Å². The van der Waals surface area contributed by atoms with Crippen molar-refractivity contribution in [1.82, 2.24) is 15.2 Å². The van der Waals surface area contributed by atoms with Crippen molar-refractivity contribution in [3.8, 4) is 11.5 Å². The Kier molecular flexibility index (Phi) is 3.78. The minimum Gasteiger partial charge on any atom is -0.411 e. The molecular formula is C15H13N3OS. The molecule has 3 aromatic rings. The van der Waals surface area contributed by atoms with Crippen molar-refractivity contribution < 1.29 is 4.42 Å². The predicted molar refractivity (Wildman–Crippen MR) is 78.2 cm³/mol. The average Bonchev–Trinajstić information content (AvgIpc) is 2.97. The van der Waals surface area contributed by atoms with E-state index in [1.54, 1.807) is 24.2 Å². The van der Waals surface area contributed by atoms with Crippen molar-refractivity contribution in [2.45, 2.75) is 17.4 Å². The lowest BCUT2D eigenvalue weighted by Gasteiger charge is -2.07. The molecule has 0 spiro atoms. The van der Waals surface area contributed by atoms with Crippen molar-refractivity contribution in [1.29, 1.82) is 0 Å². The van der Waals surface area contributed by atoms with Gasteiger partial charge in [0, 0.05) is 23.2 Å². The Morgan fingerprint density at radius 3 is 2.50 bits per heavy atom. The predicted octanol–water partition coefficient (Wildman–Crippen LogP) is 3.98. The van der Waals surface area contributed by atoms with E-state index in [9.17, 15) is 0 Å². The van der Waals surface area contributed by atoms with Crippen LogP contribution in [0.2, 0.25) is 0 Å². The summed E-state index contributed by atoms with van der Waals surface area (Å²) in [6, 6.07) is 14.0. The van der Waals surface area contributed by atoms with Gasteiger partial charge in [0.2, 0.25) is 5.89 Å². The van der Waals surface area contributed by atoms with Gasteiger partial charge >= 0.3 is 0 Å². The highest BCUT2D eigenvalue weighted by atomic mass is 32.2. The first kappa shape index (κ1) is 12.9. The van der Waals surface area contributed by atoms with E-state index in [0.717, 1.165) is 5.56 Å². The smallest absolute Gasteiger partial charge is 0.277 e. The molecule has 1 atom stereocenters. The van der Waals surface area contributed by atoms with E-state index in [4.69, 9.17) is 4.42 Å². The lowest BCUT2D eigenvalue weighted by molar-refractivity contribution is 0.465. The Morgan fingerprint density at radius 1 is 1.00 bits per heavy atom. The van der Waals surface area contributed by atoms with Crippen molar-refractivity contribution in [3.05, 3.63) is 60.4 Å². The quantitative estimate of drug-likeness (QED) is 0.678. The highest BCUT2D eigenvalue weighted by Crippen LogP contribution is 2.34. The summed E-state index contributed by atoms with van der Waals surface area (Å²) in [6.45, 7) is 2.12. The van der Waals surface area contributed by atoms with Crippen LogP contribution in [-0.4, -0.2) is 15.2 Å². The molecule has 0 fully saturated rings. The maximum atomic E-state index is 5.67. The zero-order chi connectivity index (χ0) is 13.8. The second-order valence-electron chi connectivity index (χ2n) is 4.28. The third kappa shape index (κ3) is 2.88. The first-order chi connectivity index (χ1) is 9.83. The van der Waals surface area contributed by atoms with E-state index in [1.165, 1.54) is 5.56 Å². The summed E-state index contributed by atoms with van der Waals surface area (Å²) in [6.07, 6.45) is 3.41. The first-order valence-electron chi connectivity index (χ1n) is 6.28. The summed E-state index contributed by atoms with van der Waals surface area (Å²) in [7, 11) is 0. The molecule has 0 bridgehead atoms. The van der Waals surface area contributed by atoms with Crippen LogP contribution in [0.1, 0.15) is 17.7 Å². The fourth-order valence-corrected chi connectivity index (χ4v) is 2.62. The van der Waals surface area contributed by atoms with E-state index in [1.807, 2.05) is 30.3 Å². The zero-order valence-corrected chi connectivity index (χ0v) is 11.7. The van der Waals surface area contributed by atoms with Gasteiger partial charge in [0.15, 0.2) is 0 Å². The maximum Gasteiger partial charge on any atom is 0.277 e. The largest absolute Gasteiger partial charge is 0.411 e. The number of nitrogens with zero attached hydrogens (tertiary/aromatic N) is 3. The van der Waals surface area contributed by atoms with Gasteiger partial charge in [-0.1, -0.05) is 42.1 Å². The Labute approximate surface area is 121 Å². The van der Waals surface area contributed by atoms with Crippen LogP contribution in [0.25, 0.3) is 11.5 Å². The molecule has 0 saturated heterocycles. The molecule has 0 unspecified atom stereocenters. The number of pyridine rings is 1. The Morgan fingerprint density at radius 2 is 1.75 bits per heavy atom. The van der Waals surface area contributed by atoms with E-state index in [2.05, 4.69) is 34.2 Å². The summed E-state index contributed by atoms with van der Waals surface area (Å²) in [5, 5.41) is 8.99. The third-order valence-corrected chi connectivity index (χ3v) is 3.87. The normalized spacial score (nSPS) is 12.2. The number of thioether (sulfide) groups is 1. The molecule has 1 aromatic carbocycles. The van der Waals surface area contributed by atoms with Gasteiger partial charge in [0.25, 0.3) is 5.22 Å². The summed E-state index contributed by atoms with van der Waals surface area (Å²) in [5.41, 5.74) is 2.12. The number of hydrogen-bond acceptors (Lipinski definition) is 5. The SMILES string of the molecule is C[C@@H](Sc1nnc(-c2ccncc2)o1)c1ccccc1. The van der Waals surface area contributed by atoms with Gasteiger partial charge in [-0.25, -0.2) is 0 Å². The van der Waals surface area contributed by atoms with Gasteiger partial charge in [0.1, 0.15) is 0 Å². The Balaban J connectivity index is 1.75. The molecule has 0 amide bonds. The highest BCUT2D eigenvalue weighted by Gasteiger charge is 2.13. The van der Waals surface area contributed by atoms with Gasteiger partial charge in [-0.15, -0.1) is 10.2 Å². The zero-order valence-electron chi connectivity index (χ0n) is 10.9. The lowest BCUT2D eigenvalue weighted by atomic mass is 10.2. The number of rotatable bonds is 4. The molecule has 0 aliphatic heterocycles. The van der Waals surface area contributed by atoms with Crippen LogP contribution in [0.4, 0.5) is 0 Å². The molecule has 0 aliphatic carbocycles. The van der Waals surface area contributed by atoms with Crippen LogP contribution in [0, 0.1) is 0 Å². The molecule has 2 aromatic heterocycles. The summed E-state index contributed by atoms with van der Waals surface area (Å²) in [5.74, 6) is 0.523. The lowest BCUT2D eigenvalue weighted by Crippen LogP contribution is -1.87. The molecule has 5 heteroatoms. The summed E-state index contributed by atoms with van der Waals surface area (Å²) < 4.78 is 5.67. The fraction of sp³-hybridized carbons (Fsp3) is 0.133. The van der Waals surface area contributed by atoms with E-state index >= 15 is 0 Å². The standard InChI is InChI=1S/C15H13N3OS/c1-11(12-5-3-2-4-6-12)20-15-18-17-14(19-15)13-7-9-16-10-8-13/h2-11H,1H3/t11-/m1/s1. The fourth-order valence-electron chi connectivity index (χ4n) is 1.81. The average molecular weight is 283 g/mol. The molecule has 0 radical (unpaired) electrons. The molecule has 0 N–H and O–H groups in total. The van der Waals surface area contributed by atoms with Crippen molar-refractivity contribution >= 4 is 11.8 Å². The van der Waals surface area contributed by atoms with Crippen LogP contribution in [0.3, 0.4) is 0 Å². The molecule has 3 rings (SSSR count). The van der Waals surface area contributed by atoms with Crippen LogP contribution >= 0.6 is 11.8 Å². The van der Waals surface area contributed by atoms with Crippen LogP contribution < -0.4 is 0 Å². The van der Waals surface area contributed by atoms with Crippen LogP contribution in [0.5, 0.6) is 0 Å². The minimum absolute atomic E-state index is 0.266. The number of aromatic nitrogens is 3. The number of benzene rings is 1. The van der Waals surface area contributed by atoms with Crippen LogP contribution in [0.15, 0.2) is 64.5 Å². The van der Waals surface area contributed by atoms with E-state index < -0.39 is 0 Å². The molecule has 2 heterocycles. The summed E-state index contributed by atoms with van der Waals surface area (Å²) in [4.78, 5) is 3.97. The Bertz CT molecular complexity index is 670. The first-order valence-corrected chi connectivity index (χ1v) is 7.16. The van der Waals surface area contributed by atoms with Gasteiger partial charge in [0.05, 0.1) is 0 Å². The highest BCUT2D eigenvalue weighted by molar-refractivity contribution is 7.99. The van der Waals surface area contributed by atoms with Gasteiger partial charge < -0.3 is 4.42 Å². The molecule has 20 heavy (non-hydrogen) atoms. The molecule has 100 valence electrons. The van der Waals surface area contributed by atoms with E-state index in [0.29, 0.717) is 11.1 Å². The van der Waals surface area contributed by atoms with Crippen molar-refractivity contribution in [2.75, 3.05) is 0 Å². The topological polar surface area (TPSA) is 51.8 Å². The second-order valence-corrected chi connectivity index (χ2v) is 5.57. The van der Waals surface area contributed by atoms with E-state index in [-0.39, 0.29) is 5.25 Å². The molecule has 0 saturated carbocycles. The molecule has 4 nitrogen and oxygen atoms in total. The summed E-state index contributed by atoms with van der Waals surface area (Å²) >= 11 is 1.56. The third-order valence-electron chi connectivity index (χ3n) is 2.88. The van der Waals surface area contributed by atoms with Crippen molar-refractivity contribution in [3.63, 3.8) is 0 Å². The molecular weight excluding hydrogens is 270 g/mol. The molecule has 0 aliphatic rings. The minimum atomic E-state index is 0.266. The van der Waals surface area contributed by atoms with Crippen LogP contribution in [-0.2, 0) is 0 Å².